The van der Waals surface area contributed by atoms with Gasteiger partial charge in [-0.05, 0) is 196 Å². The summed E-state index contributed by atoms with van der Waals surface area (Å²) in [4.78, 5) is 32.9. The Labute approximate surface area is 491 Å². The number of carbonyl (C=O) groups is 2. The average Bonchev–Trinajstić information content (AvgIpc) is 3.46. The Balaban J connectivity index is 0.000000724. The van der Waals surface area contributed by atoms with Gasteiger partial charge in [0.05, 0.1) is 34.7 Å². The minimum Gasteiger partial charge on any atom is -0.545 e. The number of unbranched alkanes of at least 4 members (excludes halogenated alkanes) is 12. The molecule has 4 aromatic carbocycles. The van der Waals surface area contributed by atoms with Crippen molar-refractivity contribution in [1.82, 2.24) is 0 Å². The molecule has 0 aliphatic heterocycles. The van der Waals surface area contributed by atoms with Gasteiger partial charge in [-0.3, -0.25) is 9.98 Å². The third-order valence-corrected chi connectivity index (χ3v) is 14.7. The fraction of sp³-hybridized carbons (Fsp3) is 0.588. The number of hydrogen-bond donors (Lipinski definition) is 4. The summed E-state index contributed by atoms with van der Waals surface area (Å²) >= 11 is 0. The molecule has 10 nitrogen and oxygen atoms in total. The van der Waals surface area contributed by atoms with Gasteiger partial charge in [-0.2, -0.15) is 0 Å². The second kappa shape index (κ2) is 42.0. The molecule has 0 atom stereocenters. The first kappa shape index (κ1) is 72.0. The normalized spacial score (nSPS) is 11.4. The second-order valence-corrected chi connectivity index (χ2v) is 21.1. The maximum atomic E-state index is 11.0. The molecule has 0 bridgehead atoms. The molecule has 0 heterocycles. The van der Waals surface area contributed by atoms with E-state index in [2.05, 4.69) is 77.9 Å². The number of carbonyl (C=O) groups excluding carboxylic acids is 2. The summed E-state index contributed by atoms with van der Waals surface area (Å²) in [5, 5.41) is 60.2. The average molecular weight is 1180 g/mol. The maximum Gasteiger partial charge on any atom is 2.00 e. The molecular formula is C68H102N2O8Pd. The zero-order valence-corrected chi connectivity index (χ0v) is 52.0. The van der Waals surface area contributed by atoms with Crippen LogP contribution in [0, 0.1) is 0 Å². The summed E-state index contributed by atoms with van der Waals surface area (Å²) in [6, 6.07) is 17.0. The van der Waals surface area contributed by atoms with E-state index in [-0.39, 0.29) is 31.5 Å². The number of benzene rings is 4. The Morgan fingerprint density at radius 1 is 0.380 bits per heavy atom. The van der Waals surface area contributed by atoms with Crippen LogP contribution in [0.4, 0.5) is 11.4 Å². The van der Waals surface area contributed by atoms with E-state index in [1.807, 2.05) is 27.7 Å². The number of rotatable bonds is 35. The largest absolute Gasteiger partial charge is 2.00 e. The molecule has 0 aliphatic carbocycles. The van der Waals surface area contributed by atoms with E-state index in [9.17, 15) is 40.2 Å². The van der Waals surface area contributed by atoms with Crippen LogP contribution >= 0.6 is 0 Å². The van der Waals surface area contributed by atoms with Crippen molar-refractivity contribution in [2.75, 3.05) is 0 Å². The minimum atomic E-state index is -1.45. The number of aromatic hydroxyl groups is 4. The van der Waals surface area contributed by atoms with Crippen LogP contribution < -0.4 is 10.2 Å². The van der Waals surface area contributed by atoms with Gasteiger partial charge in [-0.1, -0.05) is 158 Å². The number of phenols is 4. The van der Waals surface area contributed by atoms with Gasteiger partial charge in [-0.25, -0.2) is 0 Å². The van der Waals surface area contributed by atoms with Crippen LogP contribution in [0.3, 0.4) is 0 Å². The van der Waals surface area contributed by atoms with Gasteiger partial charge >= 0.3 is 20.4 Å². The topological polar surface area (TPSA) is 186 Å². The number of aryl methyl sites for hydroxylation is 6. The van der Waals surface area contributed by atoms with Gasteiger partial charge < -0.3 is 40.2 Å². The quantitative estimate of drug-likeness (QED) is 0.0152. The first-order valence-corrected chi connectivity index (χ1v) is 30.6. The summed E-state index contributed by atoms with van der Waals surface area (Å²) in [6.45, 7) is 21.5. The minimum absolute atomic E-state index is 0. The Hall–Kier alpha value is -4.98. The molecule has 0 spiro atoms. The zero-order chi connectivity index (χ0) is 57.8. The molecule has 0 aromatic heterocycles. The Bertz CT molecular complexity index is 2290. The van der Waals surface area contributed by atoms with E-state index < -0.39 is 34.9 Å². The molecule has 0 amide bonds. The molecule has 442 valence electrons. The molecule has 4 rings (SSSR count). The van der Waals surface area contributed by atoms with Gasteiger partial charge in [0.2, 0.25) is 0 Å². The van der Waals surface area contributed by atoms with Crippen LogP contribution in [0.1, 0.15) is 276 Å². The van der Waals surface area contributed by atoms with Crippen LogP contribution in [0.15, 0.2) is 58.5 Å². The zero-order valence-electron chi connectivity index (χ0n) is 50.5. The molecule has 0 aliphatic rings. The predicted octanol–water partition coefficient (Wildman–Crippen LogP) is 16.6. The van der Waals surface area contributed by atoms with Gasteiger partial charge in [-0.15, -0.1) is 0 Å². The van der Waals surface area contributed by atoms with Crippen molar-refractivity contribution >= 4 is 34.7 Å². The molecule has 4 N–H and O–H groups in total. The number of aliphatic imine (C=N–C) groups is 2. The summed E-state index contributed by atoms with van der Waals surface area (Å²) in [7, 11) is 0. The standard InChI is InChI=1S/C42H68N2.2C13H18O4.Pd/c1-7-13-19-23-35-29-31-39(33-37(35)25-21-15-9-3)43-41(27-17-11-5)42(28-18-12-6)44-40-32-30-36(24-20-14-8-2)38(34-40)26-22-16-10-4;2*1-3-5-6-9-8(4-2)7-10(14)12(15)11(9)13(16)17;/h29-34H,7-28H2,1-6H3;2*7,14-15H,3-6H2,1-2H3,(H,16,17);/q;;;+2/p-2. The number of nitrogens with zero attached hydrogens (tertiary/aromatic N) is 2. The Morgan fingerprint density at radius 2 is 0.684 bits per heavy atom. The molecule has 0 fully saturated rings. The Morgan fingerprint density at radius 3 is 0.962 bits per heavy atom. The molecule has 0 unspecified atom stereocenters. The van der Waals surface area contributed by atoms with Crippen molar-refractivity contribution in [2.24, 2.45) is 9.98 Å². The van der Waals surface area contributed by atoms with E-state index in [0.717, 1.165) is 73.9 Å². The van der Waals surface area contributed by atoms with E-state index in [1.165, 1.54) is 161 Å². The van der Waals surface area contributed by atoms with Crippen molar-refractivity contribution in [2.45, 2.75) is 262 Å². The van der Waals surface area contributed by atoms with Crippen LogP contribution in [0.5, 0.6) is 23.0 Å². The number of hydrogen-bond acceptors (Lipinski definition) is 10. The fourth-order valence-electron chi connectivity index (χ4n) is 9.96. The molecular weight excluding hydrogens is 1080 g/mol. The molecule has 11 heteroatoms. The molecule has 0 saturated carbocycles. The smallest absolute Gasteiger partial charge is 0.545 e. The van der Waals surface area contributed by atoms with Crippen molar-refractivity contribution in [3.8, 4) is 23.0 Å². The molecule has 0 radical (unpaired) electrons. The van der Waals surface area contributed by atoms with E-state index in [4.69, 9.17) is 9.98 Å². The van der Waals surface area contributed by atoms with Crippen molar-refractivity contribution in [3.63, 3.8) is 0 Å². The number of phenolic OH excluding ortho intramolecular Hbond substituents is 2. The van der Waals surface area contributed by atoms with E-state index in [1.54, 1.807) is 0 Å². The fourth-order valence-corrected chi connectivity index (χ4v) is 9.96. The van der Waals surface area contributed by atoms with Gasteiger partial charge in [0, 0.05) is 11.1 Å². The SMILES string of the molecule is CCCCCc1ccc(N=C(CCCC)C(CCCC)=Nc2ccc(CCCCC)c(CCCCC)c2)cc1CCCCC.CCCCc1c(CC)cc(O)c(O)c1C(=O)[O-].CCCCc1c(CC)cc(O)c(O)c1C(=O)[O-].[Pd+2]. The second-order valence-electron chi connectivity index (χ2n) is 21.1. The van der Waals surface area contributed by atoms with E-state index in [0.29, 0.717) is 36.8 Å². The van der Waals surface area contributed by atoms with Gasteiger partial charge in [0.15, 0.2) is 23.0 Å². The van der Waals surface area contributed by atoms with Crippen LogP contribution in [-0.2, 0) is 71.8 Å². The predicted molar refractivity (Wildman–Crippen MR) is 323 cm³/mol. The third-order valence-electron chi connectivity index (χ3n) is 14.7. The molecule has 4 aromatic rings. The molecule has 79 heavy (non-hydrogen) atoms. The van der Waals surface area contributed by atoms with E-state index >= 15 is 0 Å². The summed E-state index contributed by atoms with van der Waals surface area (Å²) in [5.74, 6) is -4.87. The number of carboxylic acids is 2. The first-order valence-electron chi connectivity index (χ1n) is 30.6. The maximum absolute atomic E-state index is 11.0. The van der Waals surface area contributed by atoms with Crippen LogP contribution in [0.2, 0.25) is 0 Å². The Kier molecular flexibility index (Phi) is 38.3. The van der Waals surface area contributed by atoms with Crippen molar-refractivity contribution in [3.05, 3.63) is 104 Å². The van der Waals surface area contributed by atoms with Gasteiger partial charge in [0.1, 0.15) is 0 Å². The summed E-state index contributed by atoms with van der Waals surface area (Å²) in [5.41, 5.74) is 12.9. The van der Waals surface area contributed by atoms with Crippen LogP contribution in [0.25, 0.3) is 0 Å². The summed E-state index contributed by atoms with van der Waals surface area (Å²) < 4.78 is 0. The first-order chi connectivity index (χ1) is 37.6. The number of aromatic carboxylic acids is 2. The summed E-state index contributed by atoms with van der Waals surface area (Å²) in [6.07, 6.45) is 32.7. The van der Waals surface area contributed by atoms with Crippen molar-refractivity contribution < 1.29 is 60.7 Å². The molecule has 0 saturated heterocycles. The monoisotopic (exact) mass is 1180 g/mol. The number of carboxylic acid groups (broad SMARTS) is 2. The van der Waals surface area contributed by atoms with Crippen molar-refractivity contribution in [1.29, 1.82) is 0 Å². The van der Waals surface area contributed by atoms with Crippen LogP contribution in [-0.4, -0.2) is 43.8 Å². The van der Waals surface area contributed by atoms with Gasteiger partial charge in [0.25, 0.3) is 0 Å². The third kappa shape index (κ3) is 25.1.